The van der Waals surface area contributed by atoms with Crippen LogP contribution in [-0.4, -0.2) is 33.9 Å². The van der Waals surface area contributed by atoms with Crippen LogP contribution in [0.3, 0.4) is 0 Å². The molecule has 8 heteroatoms. The highest BCUT2D eigenvalue weighted by Crippen LogP contribution is 2.28. The fourth-order valence-corrected chi connectivity index (χ4v) is 2.45. The number of amides is 2. The minimum atomic E-state index is -0.283. The molecule has 2 N–H and O–H groups in total. The summed E-state index contributed by atoms with van der Waals surface area (Å²) in [5.74, 6) is 0.0105. The number of carbonyl (C=O) groups excluding carboxylic acids is 2. The van der Waals surface area contributed by atoms with Gasteiger partial charge in [-0.3, -0.25) is 9.59 Å². The molecule has 25 heavy (non-hydrogen) atoms. The Balaban J connectivity index is 1.79. The Bertz CT molecular complexity index is 935. The molecule has 3 aromatic rings. The standard InChI is InChI=1S/C17H17N5O3/c1-11(23)18-12-7-8-16(25-2)14(9-12)19-17(24)10-22-15-6-4-3-5-13(15)20-21-22/h3-9H,10H2,1-2H3,(H,18,23)(H,19,24). The van der Waals surface area contributed by atoms with Crippen molar-refractivity contribution in [2.24, 2.45) is 0 Å². The largest absolute Gasteiger partial charge is 0.495 e. The van der Waals surface area contributed by atoms with Gasteiger partial charge in [-0.25, -0.2) is 4.68 Å². The van der Waals surface area contributed by atoms with E-state index in [0.29, 0.717) is 17.1 Å². The summed E-state index contributed by atoms with van der Waals surface area (Å²) in [7, 11) is 1.51. The zero-order chi connectivity index (χ0) is 17.8. The molecule has 0 bridgehead atoms. The van der Waals surface area contributed by atoms with Crippen molar-refractivity contribution in [3.63, 3.8) is 0 Å². The van der Waals surface area contributed by atoms with Gasteiger partial charge in [0.25, 0.3) is 0 Å². The van der Waals surface area contributed by atoms with Crippen LogP contribution in [0.4, 0.5) is 11.4 Å². The molecule has 0 saturated heterocycles. The molecule has 3 rings (SSSR count). The summed E-state index contributed by atoms with van der Waals surface area (Å²) in [4.78, 5) is 23.6. The Morgan fingerprint density at radius 3 is 2.72 bits per heavy atom. The van der Waals surface area contributed by atoms with Crippen LogP contribution in [0, 0.1) is 0 Å². The van der Waals surface area contributed by atoms with E-state index in [2.05, 4.69) is 20.9 Å². The van der Waals surface area contributed by atoms with Gasteiger partial charge >= 0.3 is 0 Å². The number of ether oxygens (including phenoxy) is 1. The second-order valence-electron chi connectivity index (χ2n) is 5.38. The van der Waals surface area contributed by atoms with Crippen molar-refractivity contribution in [3.05, 3.63) is 42.5 Å². The van der Waals surface area contributed by atoms with Gasteiger partial charge in [-0.05, 0) is 30.3 Å². The predicted molar refractivity (Wildman–Crippen MR) is 93.5 cm³/mol. The Morgan fingerprint density at radius 1 is 1.16 bits per heavy atom. The van der Waals surface area contributed by atoms with Gasteiger partial charge in [0.2, 0.25) is 11.8 Å². The zero-order valence-corrected chi connectivity index (χ0v) is 13.8. The van der Waals surface area contributed by atoms with Gasteiger partial charge in [-0.1, -0.05) is 17.3 Å². The average Bonchev–Trinajstić information content (AvgIpc) is 2.98. The van der Waals surface area contributed by atoms with E-state index in [1.807, 2.05) is 24.3 Å². The molecule has 0 aliphatic carbocycles. The van der Waals surface area contributed by atoms with Crippen LogP contribution in [0.2, 0.25) is 0 Å². The normalized spacial score (nSPS) is 10.5. The van der Waals surface area contributed by atoms with Gasteiger partial charge in [0.15, 0.2) is 0 Å². The number of rotatable bonds is 5. The number of hydrogen-bond acceptors (Lipinski definition) is 5. The number of nitrogens with zero attached hydrogens (tertiary/aromatic N) is 3. The van der Waals surface area contributed by atoms with Crippen LogP contribution in [0.15, 0.2) is 42.5 Å². The van der Waals surface area contributed by atoms with E-state index in [9.17, 15) is 9.59 Å². The molecular formula is C17H17N5O3. The molecule has 128 valence electrons. The second kappa shape index (κ2) is 7.00. The number of nitrogens with one attached hydrogen (secondary N) is 2. The molecule has 0 aliphatic rings. The van der Waals surface area contributed by atoms with Crippen LogP contribution in [0.5, 0.6) is 5.75 Å². The second-order valence-corrected chi connectivity index (χ2v) is 5.38. The Kier molecular flexibility index (Phi) is 4.60. The van der Waals surface area contributed by atoms with Crippen LogP contribution >= 0.6 is 0 Å². The first-order valence-corrected chi connectivity index (χ1v) is 7.60. The topological polar surface area (TPSA) is 98.1 Å². The quantitative estimate of drug-likeness (QED) is 0.741. The number of para-hydroxylation sites is 1. The van der Waals surface area contributed by atoms with E-state index in [-0.39, 0.29) is 18.4 Å². The number of methoxy groups -OCH3 is 1. The van der Waals surface area contributed by atoms with Crippen LogP contribution in [0.1, 0.15) is 6.92 Å². The maximum absolute atomic E-state index is 12.4. The van der Waals surface area contributed by atoms with E-state index >= 15 is 0 Å². The Morgan fingerprint density at radius 2 is 1.96 bits per heavy atom. The maximum atomic E-state index is 12.4. The van der Waals surface area contributed by atoms with Crippen molar-refractivity contribution < 1.29 is 14.3 Å². The molecule has 0 fully saturated rings. The number of aromatic nitrogens is 3. The molecule has 2 amide bonds. The van der Waals surface area contributed by atoms with Crippen molar-refractivity contribution in [1.82, 2.24) is 15.0 Å². The monoisotopic (exact) mass is 339 g/mol. The molecule has 0 aliphatic heterocycles. The van der Waals surface area contributed by atoms with Crippen molar-refractivity contribution in [1.29, 1.82) is 0 Å². The van der Waals surface area contributed by atoms with Gasteiger partial charge in [-0.15, -0.1) is 5.10 Å². The summed E-state index contributed by atoms with van der Waals surface area (Å²) in [5.41, 5.74) is 2.52. The van der Waals surface area contributed by atoms with E-state index in [1.54, 1.807) is 18.2 Å². The van der Waals surface area contributed by atoms with E-state index in [1.165, 1.54) is 18.7 Å². The summed E-state index contributed by atoms with van der Waals surface area (Å²) >= 11 is 0. The van der Waals surface area contributed by atoms with Gasteiger partial charge in [0.05, 0.1) is 18.3 Å². The summed E-state index contributed by atoms with van der Waals surface area (Å²) in [6.07, 6.45) is 0. The molecule has 2 aromatic carbocycles. The van der Waals surface area contributed by atoms with Crippen molar-refractivity contribution >= 4 is 34.2 Å². The zero-order valence-electron chi connectivity index (χ0n) is 13.8. The minimum absolute atomic E-state index is 0.00797. The van der Waals surface area contributed by atoms with Gasteiger partial charge in [-0.2, -0.15) is 0 Å². The molecule has 1 aromatic heterocycles. The van der Waals surface area contributed by atoms with Gasteiger partial charge < -0.3 is 15.4 Å². The summed E-state index contributed by atoms with van der Waals surface area (Å²) in [5, 5.41) is 13.5. The SMILES string of the molecule is COc1ccc(NC(C)=O)cc1NC(=O)Cn1nnc2ccccc21. The number of hydrogen-bond donors (Lipinski definition) is 2. The van der Waals surface area contributed by atoms with Crippen LogP contribution in [0.25, 0.3) is 11.0 Å². The van der Waals surface area contributed by atoms with E-state index in [0.717, 1.165) is 11.0 Å². The summed E-state index contributed by atoms with van der Waals surface area (Å²) in [6.45, 7) is 1.42. The molecule has 0 spiro atoms. The maximum Gasteiger partial charge on any atom is 0.246 e. The van der Waals surface area contributed by atoms with E-state index < -0.39 is 0 Å². The molecule has 0 unspecified atom stereocenters. The highest BCUT2D eigenvalue weighted by molar-refractivity contribution is 5.95. The first-order chi connectivity index (χ1) is 12.1. The Labute approximate surface area is 143 Å². The fraction of sp³-hybridized carbons (Fsp3) is 0.176. The molecule has 1 heterocycles. The number of fused-ring (bicyclic) bond motifs is 1. The lowest BCUT2D eigenvalue weighted by molar-refractivity contribution is -0.117. The Hall–Kier alpha value is -3.42. The van der Waals surface area contributed by atoms with Crippen LogP contribution in [-0.2, 0) is 16.1 Å². The average molecular weight is 339 g/mol. The lowest BCUT2D eigenvalue weighted by Gasteiger charge is -2.12. The third kappa shape index (κ3) is 3.74. The predicted octanol–water partition coefficient (Wildman–Crippen LogP) is 2.04. The lowest BCUT2D eigenvalue weighted by atomic mass is 10.2. The fourth-order valence-electron chi connectivity index (χ4n) is 2.45. The smallest absolute Gasteiger partial charge is 0.246 e. The van der Waals surface area contributed by atoms with Crippen LogP contribution < -0.4 is 15.4 Å². The highest BCUT2D eigenvalue weighted by atomic mass is 16.5. The van der Waals surface area contributed by atoms with Gasteiger partial charge in [0, 0.05) is 12.6 Å². The summed E-state index contributed by atoms with van der Waals surface area (Å²) in [6, 6.07) is 12.4. The van der Waals surface area contributed by atoms with Crippen molar-refractivity contribution in [2.45, 2.75) is 13.5 Å². The van der Waals surface area contributed by atoms with Crippen molar-refractivity contribution in [2.75, 3.05) is 17.7 Å². The molecule has 0 radical (unpaired) electrons. The number of anilines is 2. The van der Waals surface area contributed by atoms with Crippen molar-refractivity contribution in [3.8, 4) is 5.75 Å². The molecule has 8 nitrogen and oxygen atoms in total. The third-order valence-electron chi connectivity index (χ3n) is 3.51. The third-order valence-corrected chi connectivity index (χ3v) is 3.51. The number of carbonyl (C=O) groups is 2. The van der Waals surface area contributed by atoms with Gasteiger partial charge in [0.1, 0.15) is 17.8 Å². The lowest BCUT2D eigenvalue weighted by Crippen LogP contribution is -2.20. The summed E-state index contributed by atoms with van der Waals surface area (Å²) < 4.78 is 6.77. The minimum Gasteiger partial charge on any atom is -0.495 e. The first-order valence-electron chi connectivity index (χ1n) is 7.60. The first kappa shape index (κ1) is 16.4. The number of benzene rings is 2. The molecular weight excluding hydrogens is 322 g/mol. The van der Waals surface area contributed by atoms with E-state index in [4.69, 9.17) is 4.74 Å². The molecule has 0 atom stereocenters. The molecule has 0 saturated carbocycles. The highest BCUT2D eigenvalue weighted by Gasteiger charge is 2.12.